The van der Waals surface area contributed by atoms with Gasteiger partial charge in [0.05, 0.1) is 23.0 Å². The molecule has 2 aromatic heterocycles. The van der Waals surface area contributed by atoms with Crippen LogP contribution < -0.4 is 5.32 Å². The summed E-state index contributed by atoms with van der Waals surface area (Å²) in [6.45, 7) is 4.28. The quantitative estimate of drug-likeness (QED) is 0.400. The molecule has 3 heterocycles. The van der Waals surface area contributed by atoms with E-state index in [2.05, 4.69) is 15.5 Å². The third kappa shape index (κ3) is 4.17. The van der Waals surface area contributed by atoms with Crippen molar-refractivity contribution in [3.8, 4) is 10.7 Å². The third-order valence-electron chi connectivity index (χ3n) is 5.66. The van der Waals surface area contributed by atoms with Crippen molar-refractivity contribution >= 4 is 22.9 Å². The fraction of sp³-hybridized carbons (Fsp3) is 0.160. The summed E-state index contributed by atoms with van der Waals surface area (Å²) in [6.07, 6.45) is 0. The number of urea groups is 1. The van der Waals surface area contributed by atoms with Gasteiger partial charge in [0.25, 0.3) is 5.89 Å². The molecule has 2 aromatic carbocycles. The number of carbonyl (C=O) groups excluding carboxylic acids is 1. The number of hydrogen-bond donors (Lipinski definition) is 1. The second-order valence-corrected chi connectivity index (χ2v) is 8.85. The molecule has 1 N–H and O–H groups in total. The van der Waals surface area contributed by atoms with Crippen LogP contribution in [0.5, 0.6) is 0 Å². The first kappa shape index (κ1) is 21.1. The van der Waals surface area contributed by atoms with Gasteiger partial charge in [0.2, 0.25) is 5.82 Å². The Kier molecular flexibility index (Phi) is 5.51. The van der Waals surface area contributed by atoms with Gasteiger partial charge in [-0.3, -0.25) is 4.90 Å². The molecular weight excluding hydrogens is 439 g/mol. The summed E-state index contributed by atoms with van der Waals surface area (Å²) >= 11 is 1.52. The molecule has 0 radical (unpaired) electrons. The van der Waals surface area contributed by atoms with Gasteiger partial charge in [0, 0.05) is 5.70 Å². The van der Waals surface area contributed by atoms with E-state index in [-0.39, 0.29) is 11.8 Å². The number of aromatic nitrogens is 2. The Morgan fingerprint density at radius 2 is 1.85 bits per heavy atom. The Bertz CT molecular complexity index is 1310. The second-order valence-electron chi connectivity index (χ2n) is 7.91. The van der Waals surface area contributed by atoms with Crippen LogP contribution in [-0.2, 0) is 6.54 Å². The van der Waals surface area contributed by atoms with Crippen molar-refractivity contribution in [3.05, 3.63) is 100 Å². The van der Waals surface area contributed by atoms with E-state index in [4.69, 9.17) is 4.52 Å². The van der Waals surface area contributed by atoms with Crippen LogP contribution in [0.25, 0.3) is 16.3 Å². The van der Waals surface area contributed by atoms with Gasteiger partial charge in [-0.2, -0.15) is 4.98 Å². The van der Waals surface area contributed by atoms with Crippen LogP contribution in [0.2, 0.25) is 0 Å². The van der Waals surface area contributed by atoms with Gasteiger partial charge in [-0.1, -0.05) is 53.2 Å². The van der Waals surface area contributed by atoms with Gasteiger partial charge < -0.3 is 9.84 Å². The maximum atomic E-state index is 13.6. The summed E-state index contributed by atoms with van der Waals surface area (Å²) in [4.78, 5) is 20.3. The van der Waals surface area contributed by atoms with Crippen LogP contribution in [0.15, 0.2) is 76.3 Å². The van der Waals surface area contributed by atoms with Gasteiger partial charge in [0.15, 0.2) is 0 Å². The molecule has 0 saturated heterocycles. The number of thiophene rings is 1. The highest BCUT2D eigenvalue weighted by atomic mass is 32.1. The fourth-order valence-corrected chi connectivity index (χ4v) is 4.52. The minimum Gasteiger partial charge on any atom is -0.334 e. The highest BCUT2D eigenvalue weighted by molar-refractivity contribution is 7.13. The zero-order valence-electron chi connectivity index (χ0n) is 18.1. The van der Waals surface area contributed by atoms with Crippen molar-refractivity contribution in [1.29, 1.82) is 0 Å². The van der Waals surface area contributed by atoms with E-state index in [9.17, 15) is 9.18 Å². The lowest BCUT2D eigenvalue weighted by Crippen LogP contribution is -2.45. The zero-order valence-corrected chi connectivity index (χ0v) is 18.9. The zero-order chi connectivity index (χ0) is 22.9. The van der Waals surface area contributed by atoms with Crippen molar-refractivity contribution in [1.82, 2.24) is 20.4 Å². The Hall–Kier alpha value is -3.78. The number of halogens is 1. The molecule has 1 atom stereocenters. The SMILES string of the molecule is CC1=C(c2nc(-c3cccs3)no2)C(c2ccc(F)cc2)NC(=O)N1Cc1ccc(C)cc1. The molecular formula is C25H21FN4O2S. The average Bonchev–Trinajstić information content (AvgIpc) is 3.50. The maximum absolute atomic E-state index is 13.6. The molecule has 8 heteroatoms. The molecule has 5 rings (SSSR count). The molecule has 1 aliphatic rings. The van der Waals surface area contributed by atoms with Gasteiger partial charge in [-0.25, -0.2) is 9.18 Å². The number of benzene rings is 2. The Morgan fingerprint density at radius 3 is 2.55 bits per heavy atom. The van der Waals surface area contributed by atoms with Crippen LogP contribution in [0.1, 0.15) is 35.5 Å². The van der Waals surface area contributed by atoms with Crippen molar-refractivity contribution in [2.24, 2.45) is 0 Å². The molecule has 166 valence electrons. The van der Waals surface area contributed by atoms with Crippen LogP contribution >= 0.6 is 11.3 Å². The fourth-order valence-electron chi connectivity index (χ4n) is 3.87. The molecule has 1 aliphatic heterocycles. The van der Waals surface area contributed by atoms with E-state index < -0.39 is 6.04 Å². The monoisotopic (exact) mass is 460 g/mol. The van der Waals surface area contributed by atoms with Crippen molar-refractivity contribution < 1.29 is 13.7 Å². The molecule has 0 spiro atoms. The number of aryl methyl sites for hydroxylation is 1. The summed E-state index contributed by atoms with van der Waals surface area (Å²) in [7, 11) is 0. The number of rotatable bonds is 5. The number of amides is 2. The smallest absolute Gasteiger partial charge is 0.322 e. The normalized spacial score (nSPS) is 16.3. The van der Waals surface area contributed by atoms with Crippen molar-refractivity contribution in [2.75, 3.05) is 0 Å². The number of hydrogen-bond acceptors (Lipinski definition) is 5. The largest absolute Gasteiger partial charge is 0.334 e. The van der Waals surface area contributed by atoms with Gasteiger partial charge in [0.1, 0.15) is 5.82 Å². The van der Waals surface area contributed by atoms with Gasteiger partial charge >= 0.3 is 6.03 Å². The van der Waals surface area contributed by atoms with Crippen LogP contribution in [-0.4, -0.2) is 21.1 Å². The molecule has 1 unspecified atom stereocenters. The Morgan fingerprint density at radius 1 is 1.09 bits per heavy atom. The van der Waals surface area contributed by atoms with Crippen molar-refractivity contribution in [2.45, 2.75) is 26.4 Å². The van der Waals surface area contributed by atoms with E-state index in [1.165, 1.54) is 23.5 Å². The lowest BCUT2D eigenvalue weighted by atomic mass is 9.94. The Labute approximate surface area is 194 Å². The summed E-state index contributed by atoms with van der Waals surface area (Å²) in [6, 6.07) is 17.1. The summed E-state index contributed by atoms with van der Waals surface area (Å²) in [5, 5.41) is 9.13. The number of nitrogens with zero attached hydrogens (tertiary/aromatic N) is 3. The molecule has 0 aliphatic carbocycles. The summed E-state index contributed by atoms with van der Waals surface area (Å²) in [5.41, 5.74) is 4.27. The van der Waals surface area contributed by atoms with E-state index in [1.807, 2.05) is 55.6 Å². The summed E-state index contributed by atoms with van der Waals surface area (Å²) in [5.74, 6) is 0.459. The van der Waals surface area contributed by atoms with Gasteiger partial charge in [-0.05, 0) is 48.6 Å². The number of allylic oxidation sites excluding steroid dienone is 1. The first-order valence-corrected chi connectivity index (χ1v) is 11.4. The standard InChI is InChI=1S/C25H21FN4O2S/c1-15-5-7-17(8-6-15)14-30-16(2)21(24-28-23(29-32-24)20-4-3-13-33-20)22(27-25(30)31)18-9-11-19(26)12-10-18/h3-13,22H,14H2,1-2H3,(H,27,31). The number of nitrogens with one attached hydrogen (secondary N) is 1. The highest BCUT2D eigenvalue weighted by Gasteiger charge is 2.35. The molecule has 0 bridgehead atoms. The maximum Gasteiger partial charge on any atom is 0.322 e. The molecule has 33 heavy (non-hydrogen) atoms. The van der Waals surface area contributed by atoms with E-state index in [1.54, 1.807) is 17.0 Å². The summed E-state index contributed by atoms with van der Waals surface area (Å²) < 4.78 is 19.2. The third-order valence-corrected chi connectivity index (χ3v) is 6.52. The Balaban J connectivity index is 1.59. The topological polar surface area (TPSA) is 71.3 Å². The number of carbonyl (C=O) groups is 1. The first-order valence-electron chi connectivity index (χ1n) is 10.5. The average molecular weight is 461 g/mol. The minimum atomic E-state index is -0.552. The lowest BCUT2D eigenvalue weighted by Gasteiger charge is -2.35. The van der Waals surface area contributed by atoms with Crippen molar-refractivity contribution in [3.63, 3.8) is 0 Å². The predicted octanol–water partition coefficient (Wildman–Crippen LogP) is 5.94. The van der Waals surface area contributed by atoms with Crippen LogP contribution in [0.4, 0.5) is 9.18 Å². The van der Waals surface area contributed by atoms with E-state index >= 15 is 0 Å². The van der Waals surface area contributed by atoms with E-state index in [0.29, 0.717) is 29.5 Å². The highest BCUT2D eigenvalue weighted by Crippen LogP contribution is 2.38. The molecule has 4 aromatic rings. The lowest BCUT2D eigenvalue weighted by molar-refractivity contribution is 0.203. The van der Waals surface area contributed by atoms with Crippen LogP contribution in [0, 0.1) is 12.7 Å². The molecule has 2 amide bonds. The van der Waals surface area contributed by atoms with Crippen LogP contribution in [0.3, 0.4) is 0 Å². The molecule has 6 nitrogen and oxygen atoms in total. The second kappa shape index (κ2) is 8.63. The molecule has 0 fully saturated rings. The first-order chi connectivity index (χ1) is 16.0. The van der Waals surface area contributed by atoms with Gasteiger partial charge in [-0.15, -0.1) is 11.3 Å². The molecule has 0 saturated carbocycles. The predicted molar refractivity (Wildman–Crippen MR) is 125 cm³/mol. The van der Waals surface area contributed by atoms with E-state index in [0.717, 1.165) is 21.6 Å². The minimum absolute atomic E-state index is 0.246.